The van der Waals surface area contributed by atoms with Crippen molar-refractivity contribution in [2.45, 2.75) is 10.8 Å². The fourth-order valence-electron chi connectivity index (χ4n) is 2.73. The molecule has 0 aliphatic rings. The lowest BCUT2D eigenvalue weighted by molar-refractivity contribution is 0.560. The summed E-state index contributed by atoms with van der Waals surface area (Å²) < 4.78 is 5.38. The Morgan fingerprint density at radius 3 is 2.79 bits per heavy atom. The number of hydrogen-bond donors (Lipinski definition) is 0. The number of halogens is 1. The Morgan fingerprint density at radius 1 is 1.08 bits per heavy atom. The molecule has 0 unspecified atom stereocenters. The van der Waals surface area contributed by atoms with Crippen molar-refractivity contribution in [2.75, 3.05) is 0 Å². The summed E-state index contributed by atoms with van der Waals surface area (Å²) in [4.78, 5) is 16.2. The topological polar surface area (TPSA) is 43.1 Å². The average Bonchev–Trinajstić information content (AvgIpc) is 2.60. The molecule has 4 aromatic rings. The van der Waals surface area contributed by atoms with E-state index in [1.807, 2.05) is 42.5 Å². The van der Waals surface area contributed by atoms with Crippen LogP contribution in [0.25, 0.3) is 21.7 Å². The maximum atomic E-state index is 11.9. The summed E-state index contributed by atoms with van der Waals surface area (Å²) in [6.07, 6.45) is 1.62. The first-order chi connectivity index (χ1) is 11.7. The molecule has 3 nitrogen and oxygen atoms in total. The zero-order valence-corrected chi connectivity index (χ0v) is 14.1. The van der Waals surface area contributed by atoms with Crippen LogP contribution in [-0.2, 0) is 5.75 Å². The molecule has 4 rings (SSSR count). The van der Waals surface area contributed by atoms with Crippen molar-refractivity contribution in [3.8, 4) is 0 Å². The summed E-state index contributed by atoms with van der Waals surface area (Å²) >= 11 is 7.43. The lowest BCUT2D eigenvalue weighted by Gasteiger charge is -2.08. The number of pyridine rings is 1. The van der Waals surface area contributed by atoms with Gasteiger partial charge in [-0.05, 0) is 34.5 Å². The second-order valence-electron chi connectivity index (χ2n) is 5.35. The minimum Gasteiger partial charge on any atom is -0.423 e. The third-order valence-corrected chi connectivity index (χ3v) is 5.01. The molecule has 24 heavy (non-hydrogen) atoms. The van der Waals surface area contributed by atoms with E-state index in [0.717, 1.165) is 26.7 Å². The minimum absolute atomic E-state index is 0.336. The minimum atomic E-state index is -0.336. The molecule has 2 aromatic heterocycles. The van der Waals surface area contributed by atoms with Gasteiger partial charge in [-0.25, -0.2) is 9.78 Å². The molecule has 0 radical (unpaired) electrons. The van der Waals surface area contributed by atoms with E-state index in [-0.39, 0.29) is 5.63 Å². The van der Waals surface area contributed by atoms with E-state index in [0.29, 0.717) is 16.4 Å². The Kier molecular flexibility index (Phi) is 4.00. The molecule has 2 aromatic carbocycles. The van der Waals surface area contributed by atoms with Crippen LogP contribution >= 0.6 is 23.4 Å². The molecule has 0 saturated heterocycles. The van der Waals surface area contributed by atoms with E-state index in [1.54, 1.807) is 24.0 Å². The van der Waals surface area contributed by atoms with Crippen molar-refractivity contribution in [3.63, 3.8) is 0 Å². The van der Waals surface area contributed by atoms with Gasteiger partial charge < -0.3 is 4.42 Å². The molecule has 0 saturated carbocycles. The van der Waals surface area contributed by atoms with E-state index in [4.69, 9.17) is 16.0 Å². The van der Waals surface area contributed by atoms with Crippen LogP contribution in [0.5, 0.6) is 0 Å². The van der Waals surface area contributed by atoms with Gasteiger partial charge in [0.2, 0.25) is 0 Å². The predicted octanol–water partition coefficient (Wildman–Crippen LogP) is 5.29. The molecule has 0 amide bonds. The molecular weight excluding hydrogens is 342 g/mol. The van der Waals surface area contributed by atoms with E-state index in [9.17, 15) is 4.79 Å². The first-order valence-electron chi connectivity index (χ1n) is 7.39. The number of thioether (sulfide) groups is 1. The normalized spacial score (nSPS) is 11.2. The summed E-state index contributed by atoms with van der Waals surface area (Å²) in [5.74, 6) is 0.630. The average molecular weight is 354 g/mol. The van der Waals surface area contributed by atoms with Gasteiger partial charge >= 0.3 is 5.63 Å². The van der Waals surface area contributed by atoms with Gasteiger partial charge in [0.15, 0.2) is 0 Å². The van der Waals surface area contributed by atoms with Gasteiger partial charge in [0.1, 0.15) is 5.58 Å². The van der Waals surface area contributed by atoms with Crippen LogP contribution in [-0.4, -0.2) is 4.98 Å². The van der Waals surface area contributed by atoms with Crippen LogP contribution in [0.1, 0.15) is 5.56 Å². The van der Waals surface area contributed by atoms with Gasteiger partial charge in [-0.15, -0.1) is 11.8 Å². The van der Waals surface area contributed by atoms with Crippen LogP contribution in [0.2, 0.25) is 5.02 Å². The van der Waals surface area contributed by atoms with Crippen LogP contribution in [0.4, 0.5) is 0 Å². The molecule has 0 spiro atoms. The highest BCUT2D eigenvalue weighted by molar-refractivity contribution is 7.98. The quantitative estimate of drug-likeness (QED) is 0.285. The molecule has 0 bridgehead atoms. The Morgan fingerprint density at radius 2 is 1.96 bits per heavy atom. The molecule has 118 valence electrons. The molecule has 0 aliphatic heterocycles. The molecule has 2 heterocycles. The fourth-order valence-corrected chi connectivity index (χ4v) is 3.67. The van der Waals surface area contributed by atoms with Gasteiger partial charge in [-0.1, -0.05) is 41.9 Å². The summed E-state index contributed by atoms with van der Waals surface area (Å²) in [7, 11) is 0. The summed E-state index contributed by atoms with van der Waals surface area (Å²) in [6, 6.07) is 17.2. The first-order valence-corrected chi connectivity index (χ1v) is 8.76. The highest BCUT2D eigenvalue weighted by atomic mass is 35.5. The van der Waals surface area contributed by atoms with Crippen LogP contribution in [0.15, 0.2) is 75.0 Å². The number of fused-ring (bicyclic) bond motifs is 3. The van der Waals surface area contributed by atoms with Crippen molar-refractivity contribution in [3.05, 3.63) is 81.8 Å². The van der Waals surface area contributed by atoms with E-state index in [1.165, 1.54) is 0 Å². The fraction of sp³-hybridized carbons (Fsp3) is 0.0526. The van der Waals surface area contributed by atoms with Crippen molar-refractivity contribution < 1.29 is 4.42 Å². The number of benzene rings is 2. The SMILES string of the molecule is O=c1cc(CSc2ccc(Cl)cn2)c2c(ccc3ccccc32)o1. The molecule has 5 heteroatoms. The van der Waals surface area contributed by atoms with Crippen molar-refractivity contribution in [2.24, 2.45) is 0 Å². The van der Waals surface area contributed by atoms with Gasteiger partial charge in [-0.2, -0.15) is 0 Å². The lowest BCUT2D eigenvalue weighted by atomic mass is 10.0. The highest BCUT2D eigenvalue weighted by Crippen LogP contribution is 2.31. The summed E-state index contributed by atoms with van der Waals surface area (Å²) in [5, 5.41) is 4.65. The number of nitrogens with zero attached hydrogens (tertiary/aromatic N) is 1. The highest BCUT2D eigenvalue weighted by Gasteiger charge is 2.10. The van der Waals surface area contributed by atoms with E-state index < -0.39 is 0 Å². The second kappa shape index (κ2) is 6.30. The molecule has 0 fully saturated rings. The molecule has 0 N–H and O–H groups in total. The first kappa shape index (κ1) is 15.2. The number of rotatable bonds is 3. The monoisotopic (exact) mass is 353 g/mol. The smallest absolute Gasteiger partial charge is 0.336 e. The standard InChI is InChI=1S/C19H12ClNO2S/c20-14-6-8-17(21-10-14)24-11-13-9-18(22)23-16-7-5-12-3-1-2-4-15(12)19(13)16/h1-10H,11H2. The summed E-state index contributed by atoms with van der Waals surface area (Å²) in [6.45, 7) is 0. The van der Waals surface area contributed by atoms with Gasteiger partial charge in [0, 0.05) is 23.4 Å². The predicted molar refractivity (Wildman–Crippen MR) is 98.8 cm³/mol. The molecular formula is C19H12ClNO2S. The van der Waals surface area contributed by atoms with Gasteiger partial charge in [0.25, 0.3) is 0 Å². The second-order valence-corrected chi connectivity index (χ2v) is 6.79. The van der Waals surface area contributed by atoms with Crippen LogP contribution in [0, 0.1) is 0 Å². The Balaban J connectivity index is 1.82. The van der Waals surface area contributed by atoms with E-state index in [2.05, 4.69) is 11.1 Å². The zero-order chi connectivity index (χ0) is 16.5. The molecule has 0 atom stereocenters. The van der Waals surface area contributed by atoms with Gasteiger partial charge in [-0.3, -0.25) is 0 Å². The Hall–Kier alpha value is -2.30. The largest absolute Gasteiger partial charge is 0.423 e. The Bertz CT molecular complexity index is 1090. The number of aromatic nitrogens is 1. The molecule has 0 aliphatic carbocycles. The lowest BCUT2D eigenvalue weighted by Crippen LogP contribution is -2.00. The maximum absolute atomic E-state index is 11.9. The van der Waals surface area contributed by atoms with Crippen LogP contribution in [0.3, 0.4) is 0 Å². The third kappa shape index (κ3) is 2.90. The van der Waals surface area contributed by atoms with Crippen molar-refractivity contribution in [1.29, 1.82) is 0 Å². The van der Waals surface area contributed by atoms with Crippen LogP contribution < -0.4 is 5.63 Å². The van der Waals surface area contributed by atoms with Crippen molar-refractivity contribution >= 4 is 45.1 Å². The number of hydrogen-bond acceptors (Lipinski definition) is 4. The third-order valence-electron chi connectivity index (χ3n) is 3.79. The zero-order valence-electron chi connectivity index (χ0n) is 12.5. The van der Waals surface area contributed by atoms with Crippen molar-refractivity contribution in [1.82, 2.24) is 4.98 Å². The Labute approximate surface area is 147 Å². The van der Waals surface area contributed by atoms with Gasteiger partial charge in [0.05, 0.1) is 10.0 Å². The summed E-state index contributed by atoms with van der Waals surface area (Å²) in [5.41, 5.74) is 1.22. The van der Waals surface area contributed by atoms with E-state index >= 15 is 0 Å². The maximum Gasteiger partial charge on any atom is 0.336 e.